The summed E-state index contributed by atoms with van der Waals surface area (Å²) in [6, 6.07) is 29.4. The Labute approximate surface area is 219 Å². The minimum absolute atomic E-state index is 0.108. The maximum atomic E-state index is 12.6. The summed E-state index contributed by atoms with van der Waals surface area (Å²) in [6.07, 6.45) is 3.71. The highest BCUT2D eigenvalue weighted by atomic mass is 35.5. The molecule has 6 heteroatoms. The number of thiophene rings is 1. The average Bonchev–Trinajstić information content (AvgIpc) is 3.42. The molecule has 2 aromatic heterocycles. The van der Waals surface area contributed by atoms with Crippen molar-refractivity contribution in [1.29, 1.82) is 0 Å². The number of amides is 1. The van der Waals surface area contributed by atoms with Gasteiger partial charge in [-0.25, -0.2) is 4.98 Å². The van der Waals surface area contributed by atoms with Gasteiger partial charge >= 0.3 is 0 Å². The van der Waals surface area contributed by atoms with E-state index in [1.165, 1.54) is 0 Å². The number of pyridine rings is 1. The zero-order valence-corrected chi connectivity index (χ0v) is 21.0. The largest absolute Gasteiger partial charge is 0.488 e. The third-order valence-corrected chi connectivity index (χ3v) is 6.97. The van der Waals surface area contributed by atoms with Gasteiger partial charge in [0.25, 0.3) is 5.91 Å². The predicted octanol–water partition coefficient (Wildman–Crippen LogP) is 7.06. The summed E-state index contributed by atoms with van der Waals surface area (Å²) in [7, 11) is 0. The first-order chi connectivity index (χ1) is 17.7. The molecule has 4 nitrogen and oxygen atoms in total. The summed E-state index contributed by atoms with van der Waals surface area (Å²) < 4.78 is 6.20. The fourth-order valence-corrected chi connectivity index (χ4v) is 5.01. The maximum Gasteiger partial charge on any atom is 0.251 e. The molecular formula is C30H24ClN2O2S+. The molecule has 2 N–H and O–H groups in total. The molecule has 0 bridgehead atoms. The van der Waals surface area contributed by atoms with Gasteiger partial charge in [0.1, 0.15) is 12.4 Å². The van der Waals surface area contributed by atoms with Crippen LogP contribution < -0.4 is 15.0 Å². The molecule has 36 heavy (non-hydrogen) atoms. The van der Waals surface area contributed by atoms with Crippen LogP contribution in [0.15, 0.2) is 109 Å². The van der Waals surface area contributed by atoms with Gasteiger partial charge in [0.15, 0.2) is 12.4 Å². The Morgan fingerprint density at radius 1 is 0.889 bits per heavy atom. The van der Waals surface area contributed by atoms with Gasteiger partial charge in [0, 0.05) is 44.8 Å². The van der Waals surface area contributed by atoms with Gasteiger partial charge in [-0.05, 0) is 59.0 Å². The van der Waals surface area contributed by atoms with Crippen LogP contribution in [0.5, 0.6) is 5.75 Å². The first-order valence-electron chi connectivity index (χ1n) is 11.5. The normalized spacial score (nSPS) is 10.7. The van der Waals surface area contributed by atoms with E-state index >= 15 is 0 Å². The lowest BCUT2D eigenvalue weighted by molar-refractivity contribution is -0.378. The molecule has 5 aromatic rings. The van der Waals surface area contributed by atoms with E-state index in [1.807, 2.05) is 97.3 Å². The van der Waals surface area contributed by atoms with Crippen molar-refractivity contribution < 1.29 is 14.5 Å². The zero-order valence-electron chi connectivity index (χ0n) is 19.4. The van der Waals surface area contributed by atoms with Gasteiger partial charge in [-0.3, -0.25) is 4.79 Å². The van der Waals surface area contributed by atoms with Crippen LogP contribution in [0.25, 0.3) is 21.6 Å². The third-order valence-electron chi connectivity index (χ3n) is 5.77. The Bertz CT molecular complexity index is 1450. The second kappa shape index (κ2) is 11.2. The van der Waals surface area contributed by atoms with E-state index in [1.54, 1.807) is 11.3 Å². The van der Waals surface area contributed by atoms with E-state index in [-0.39, 0.29) is 5.91 Å². The van der Waals surface area contributed by atoms with Crippen molar-refractivity contribution >= 4 is 28.8 Å². The van der Waals surface area contributed by atoms with Gasteiger partial charge in [0.2, 0.25) is 0 Å². The van der Waals surface area contributed by atoms with E-state index in [2.05, 4.69) is 21.7 Å². The Kier molecular flexibility index (Phi) is 7.41. The van der Waals surface area contributed by atoms with Crippen molar-refractivity contribution in [2.24, 2.45) is 0 Å². The second-order valence-electron chi connectivity index (χ2n) is 8.25. The van der Waals surface area contributed by atoms with Crippen LogP contribution in [-0.2, 0) is 13.2 Å². The highest BCUT2D eigenvalue weighted by Gasteiger charge is 2.15. The first kappa shape index (κ1) is 23.8. The summed E-state index contributed by atoms with van der Waals surface area (Å²) in [5, 5.41) is 5.67. The Morgan fingerprint density at radius 3 is 2.47 bits per heavy atom. The molecule has 0 spiro atoms. The highest BCUT2D eigenvalue weighted by molar-refractivity contribution is 7.14. The van der Waals surface area contributed by atoms with Gasteiger partial charge < -0.3 is 10.1 Å². The van der Waals surface area contributed by atoms with Crippen LogP contribution in [0, 0.1) is 0 Å². The zero-order chi connectivity index (χ0) is 24.7. The number of benzene rings is 3. The number of rotatable bonds is 8. The van der Waals surface area contributed by atoms with Gasteiger partial charge in [-0.2, -0.15) is 0 Å². The molecule has 0 fully saturated rings. The monoisotopic (exact) mass is 511 g/mol. The molecule has 1 amide bonds. The molecule has 0 unspecified atom stereocenters. The van der Waals surface area contributed by atoms with Crippen LogP contribution in [0.3, 0.4) is 0 Å². The molecule has 0 aliphatic heterocycles. The number of aromatic amines is 1. The maximum absolute atomic E-state index is 12.6. The number of halogens is 1. The van der Waals surface area contributed by atoms with E-state index in [0.29, 0.717) is 23.7 Å². The van der Waals surface area contributed by atoms with Crippen molar-refractivity contribution in [1.82, 2.24) is 5.32 Å². The number of carbonyl (C=O) groups excluding carboxylic acids is 1. The van der Waals surface area contributed by atoms with Crippen LogP contribution in [0.1, 0.15) is 21.5 Å². The van der Waals surface area contributed by atoms with Gasteiger partial charge in [-0.1, -0.05) is 54.1 Å². The number of hydrogen-bond donors (Lipinski definition) is 1. The second-order valence-corrected chi connectivity index (χ2v) is 9.60. The molecule has 2 heterocycles. The van der Waals surface area contributed by atoms with E-state index in [0.717, 1.165) is 38.4 Å². The summed E-state index contributed by atoms with van der Waals surface area (Å²) in [6.45, 7) is 0.938. The number of hydrogen-bond acceptors (Lipinski definition) is 3. The van der Waals surface area contributed by atoms with Crippen molar-refractivity contribution in [3.8, 4) is 27.3 Å². The number of H-pyrrole nitrogens is 1. The molecule has 0 saturated carbocycles. The lowest BCUT2D eigenvalue weighted by Crippen LogP contribution is -2.23. The SMILES string of the molecule is O=C(NCc1ccc[nH+]c1)c1ccc(-c2sccc2-c2cc(Cl)ccc2OCc2ccccc2)cc1. The van der Waals surface area contributed by atoms with Crippen LogP contribution in [-0.4, -0.2) is 5.91 Å². The number of carbonyl (C=O) groups is 1. The van der Waals surface area contributed by atoms with E-state index < -0.39 is 0 Å². The summed E-state index contributed by atoms with van der Waals surface area (Å²) in [5.41, 5.74) is 5.74. The average molecular weight is 512 g/mol. The molecule has 0 saturated heterocycles. The smallest absolute Gasteiger partial charge is 0.251 e. The minimum Gasteiger partial charge on any atom is -0.488 e. The first-order valence-corrected chi connectivity index (χ1v) is 12.8. The molecule has 0 aliphatic rings. The van der Waals surface area contributed by atoms with Crippen molar-refractivity contribution in [2.75, 3.05) is 0 Å². The predicted molar refractivity (Wildman–Crippen MR) is 145 cm³/mol. The quantitative estimate of drug-likeness (QED) is 0.242. The van der Waals surface area contributed by atoms with Crippen molar-refractivity contribution in [3.05, 3.63) is 130 Å². The molecule has 0 radical (unpaired) electrons. The summed E-state index contributed by atoms with van der Waals surface area (Å²) in [4.78, 5) is 16.7. The van der Waals surface area contributed by atoms with Gasteiger partial charge in [-0.15, -0.1) is 11.3 Å². The standard InChI is InChI=1S/C30H23ClN2O2S/c31-25-12-13-28(35-20-21-5-2-1-3-6-21)27(17-25)26-14-16-36-29(26)23-8-10-24(11-9-23)30(34)33-19-22-7-4-15-32-18-22/h1-18H,19-20H2,(H,33,34)/p+1. The molecule has 0 atom stereocenters. The number of nitrogens with one attached hydrogen (secondary N) is 2. The third kappa shape index (κ3) is 5.65. The van der Waals surface area contributed by atoms with E-state index in [4.69, 9.17) is 16.3 Å². The minimum atomic E-state index is -0.108. The summed E-state index contributed by atoms with van der Waals surface area (Å²) >= 11 is 8.03. The van der Waals surface area contributed by atoms with Crippen molar-refractivity contribution in [2.45, 2.75) is 13.2 Å². The van der Waals surface area contributed by atoms with Crippen LogP contribution >= 0.6 is 22.9 Å². The Balaban J connectivity index is 1.35. The Hall–Kier alpha value is -3.93. The number of ether oxygens (including phenoxy) is 1. The fraction of sp³-hybridized carbons (Fsp3) is 0.0667. The number of aromatic nitrogens is 1. The molecule has 3 aromatic carbocycles. The lowest BCUT2D eigenvalue weighted by atomic mass is 10.0. The van der Waals surface area contributed by atoms with Gasteiger partial charge in [0.05, 0.1) is 0 Å². The summed E-state index contributed by atoms with van der Waals surface area (Å²) in [5.74, 6) is 0.667. The van der Waals surface area contributed by atoms with Crippen LogP contribution in [0.2, 0.25) is 5.02 Å². The van der Waals surface area contributed by atoms with Crippen LogP contribution in [0.4, 0.5) is 0 Å². The lowest BCUT2D eigenvalue weighted by Gasteiger charge is -2.13. The van der Waals surface area contributed by atoms with E-state index in [9.17, 15) is 4.79 Å². The highest BCUT2D eigenvalue weighted by Crippen LogP contribution is 2.42. The molecule has 0 aliphatic carbocycles. The molecular weight excluding hydrogens is 488 g/mol. The fourth-order valence-electron chi connectivity index (χ4n) is 3.92. The topological polar surface area (TPSA) is 52.5 Å². The molecule has 5 rings (SSSR count). The molecule has 178 valence electrons. The Morgan fingerprint density at radius 2 is 1.69 bits per heavy atom. The van der Waals surface area contributed by atoms with Crippen molar-refractivity contribution in [3.63, 3.8) is 0 Å².